The van der Waals surface area contributed by atoms with Crippen molar-refractivity contribution in [2.75, 3.05) is 26.8 Å². The van der Waals surface area contributed by atoms with Gasteiger partial charge in [-0.05, 0) is 12.1 Å². The number of hydrogen-bond acceptors (Lipinski definition) is 2. The molecule has 0 bridgehead atoms. The van der Waals surface area contributed by atoms with Crippen molar-refractivity contribution < 1.29 is 18.3 Å². The van der Waals surface area contributed by atoms with E-state index in [1.165, 1.54) is 30.2 Å². The first kappa shape index (κ1) is 14.3. The molecular formula is C13H15F2NO2. The van der Waals surface area contributed by atoms with Gasteiger partial charge in [0.25, 0.3) is 5.91 Å². The van der Waals surface area contributed by atoms with Crippen molar-refractivity contribution in [3.63, 3.8) is 0 Å². The van der Waals surface area contributed by atoms with Crippen LogP contribution >= 0.6 is 0 Å². The summed E-state index contributed by atoms with van der Waals surface area (Å²) in [5.74, 6) is -2.75. The largest absolute Gasteiger partial charge is 0.383 e. The quantitative estimate of drug-likeness (QED) is 0.730. The van der Waals surface area contributed by atoms with Crippen LogP contribution in [0.25, 0.3) is 0 Å². The van der Waals surface area contributed by atoms with Crippen molar-refractivity contribution in [1.82, 2.24) is 4.90 Å². The Morgan fingerprint density at radius 3 is 2.83 bits per heavy atom. The van der Waals surface area contributed by atoms with Crippen LogP contribution in [0.1, 0.15) is 10.4 Å². The monoisotopic (exact) mass is 255 g/mol. The minimum atomic E-state index is -1.13. The third kappa shape index (κ3) is 3.37. The van der Waals surface area contributed by atoms with Crippen LogP contribution in [-0.2, 0) is 4.74 Å². The second-order valence-electron chi connectivity index (χ2n) is 3.63. The Bertz CT molecular complexity index is 435. The predicted molar refractivity (Wildman–Crippen MR) is 64.3 cm³/mol. The third-order valence-electron chi connectivity index (χ3n) is 2.38. The van der Waals surface area contributed by atoms with Crippen LogP contribution in [0.2, 0.25) is 0 Å². The number of nitrogens with zero attached hydrogens (tertiary/aromatic N) is 1. The molecule has 98 valence electrons. The van der Waals surface area contributed by atoms with E-state index in [1.54, 1.807) is 0 Å². The Hall–Kier alpha value is -1.75. The van der Waals surface area contributed by atoms with E-state index in [4.69, 9.17) is 4.74 Å². The van der Waals surface area contributed by atoms with Gasteiger partial charge >= 0.3 is 0 Å². The molecule has 0 fully saturated rings. The van der Waals surface area contributed by atoms with Crippen molar-refractivity contribution in [2.45, 2.75) is 0 Å². The molecule has 1 aromatic carbocycles. The maximum Gasteiger partial charge on any atom is 0.257 e. The number of halogens is 2. The Morgan fingerprint density at radius 1 is 1.50 bits per heavy atom. The highest BCUT2D eigenvalue weighted by molar-refractivity contribution is 5.94. The summed E-state index contributed by atoms with van der Waals surface area (Å²) < 4.78 is 31.4. The van der Waals surface area contributed by atoms with Gasteiger partial charge in [-0.25, -0.2) is 8.78 Å². The van der Waals surface area contributed by atoms with E-state index in [2.05, 4.69) is 6.58 Å². The molecule has 0 N–H and O–H groups in total. The van der Waals surface area contributed by atoms with Crippen LogP contribution in [0.15, 0.2) is 30.9 Å². The second-order valence-corrected chi connectivity index (χ2v) is 3.63. The third-order valence-corrected chi connectivity index (χ3v) is 2.38. The van der Waals surface area contributed by atoms with Crippen LogP contribution < -0.4 is 0 Å². The molecule has 0 saturated heterocycles. The smallest absolute Gasteiger partial charge is 0.257 e. The van der Waals surface area contributed by atoms with Crippen molar-refractivity contribution >= 4 is 5.91 Å². The van der Waals surface area contributed by atoms with Gasteiger partial charge in [0.15, 0.2) is 11.6 Å². The number of rotatable bonds is 6. The van der Waals surface area contributed by atoms with Crippen molar-refractivity contribution in [1.29, 1.82) is 0 Å². The number of carbonyl (C=O) groups excluding carboxylic acids is 1. The molecule has 18 heavy (non-hydrogen) atoms. The first-order chi connectivity index (χ1) is 8.61. The SMILES string of the molecule is C=CCN(CCOC)C(=O)c1cccc(F)c1F. The van der Waals surface area contributed by atoms with Gasteiger partial charge in [-0.1, -0.05) is 12.1 Å². The second kappa shape index (κ2) is 6.86. The van der Waals surface area contributed by atoms with E-state index in [-0.39, 0.29) is 18.7 Å². The van der Waals surface area contributed by atoms with Crippen LogP contribution in [-0.4, -0.2) is 37.6 Å². The summed E-state index contributed by atoms with van der Waals surface area (Å²) in [6, 6.07) is 3.52. The summed E-state index contributed by atoms with van der Waals surface area (Å²) in [6.45, 7) is 4.38. The van der Waals surface area contributed by atoms with Gasteiger partial charge in [-0.2, -0.15) is 0 Å². The van der Waals surface area contributed by atoms with E-state index >= 15 is 0 Å². The molecule has 0 aromatic heterocycles. The van der Waals surface area contributed by atoms with Gasteiger partial charge in [0.2, 0.25) is 0 Å². The van der Waals surface area contributed by atoms with E-state index in [0.717, 1.165) is 6.07 Å². The number of ether oxygens (including phenoxy) is 1. The zero-order valence-corrected chi connectivity index (χ0v) is 10.2. The molecule has 1 amide bonds. The normalized spacial score (nSPS) is 10.2. The van der Waals surface area contributed by atoms with Crippen LogP contribution in [0, 0.1) is 11.6 Å². The topological polar surface area (TPSA) is 29.5 Å². The number of benzene rings is 1. The van der Waals surface area contributed by atoms with Crippen molar-refractivity contribution in [2.24, 2.45) is 0 Å². The average Bonchev–Trinajstić information content (AvgIpc) is 2.37. The zero-order valence-electron chi connectivity index (χ0n) is 10.2. The van der Waals surface area contributed by atoms with Gasteiger partial charge in [0.1, 0.15) is 0 Å². The summed E-state index contributed by atoms with van der Waals surface area (Å²) in [6.07, 6.45) is 1.52. The molecule has 0 saturated carbocycles. The Morgan fingerprint density at radius 2 is 2.22 bits per heavy atom. The predicted octanol–water partition coefficient (Wildman–Crippen LogP) is 2.24. The van der Waals surface area contributed by atoms with Gasteiger partial charge in [0, 0.05) is 20.2 Å². The fourth-order valence-corrected chi connectivity index (χ4v) is 1.47. The van der Waals surface area contributed by atoms with Gasteiger partial charge in [-0.15, -0.1) is 6.58 Å². The summed E-state index contributed by atoms with van der Waals surface area (Å²) in [7, 11) is 1.50. The van der Waals surface area contributed by atoms with Gasteiger partial charge in [0.05, 0.1) is 12.2 Å². The summed E-state index contributed by atoms with van der Waals surface area (Å²) in [5.41, 5.74) is -0.284. The van der Waals surface area contributed by atoms with Crippen LogP contribution in [0.4, 0.5) is 8.78 Å². The lowest BCUT2D eigenvalue weighted by atomic mass is 10.1. The molecule has 0 aliphatic heterocycles. The molecular weight excluding hydrogens is 240 g/mol. The standard InChI is InChI=1S/C13H15F2NO2/c1-3-7-16(8-9-18-2)13(17)10-5-4-6-11(14)12(10)15/h3-6H,1,7-9H2,2H3. The summed E-state index contributed by atoms with van der Waals surface area (Å²) >= 11 is 0. The average molecular weight is 255 g/mol. The first-order valence-electron chi connectivity index (χ1n) is 5.45. The molecule has 0 aliphatic rings. The number of amides is 1. The molecule has 0 unspecified atom stereocenters. The van der Waals surface area contributed by atoms with Crippen LogP contribution in [0.5, 0.6) is 0 Å². The Kier molecular flexibility index (Phi) is 5.45. The summed E-state index contributed by atoms with van der Waals surface area (Å²) in [5, 5.41) is 0. The number of hydrogen-bond donors (Lipinski definition) is 0. The molecule has 3 nitrogen and oxygen atoms in total. The van der Waals surface area contributed by atoms with E-state index in [1.807, 2.05) is 0 Å². The number of methoxy groups -OCH3 is 1. The minimum absolute atomic E-state index is 0.248. The van der Waals surface area contributed by atoms with Crippen LogP contribution in [0.3, 0.4) is 0 Å². The van der Waals surface area contributed by atoms with E-state index < -0.39 is 17.5 Å². The van der Waals surface area contributed by atoms with E-state index in [0.29, 0.717) is 6.61 Å². The molecule has 0 radical (unpaired) electrons. The Balaban J connectivity index is 2.94. The fraction of sp³-hybridized carbons (Fsp3) is 0.308. The molecule has 0 atom stereocenters. The maximum atomic E-state index is 13.5. The molecule has 0 spiro atoms. The molecule has 0 aliphatic carbocycles. The zero-order chi connectivity index (χ0) is 13.5. The van der Waals surface area contributed by atoms with Crippen molar-refractivity contribution in [3.05, 3.63) is 48.1 Å². The highest BCUT2D eigenvalue weighted by Crippen LogP contribution is 2.13. The molecule has 1 aromatic rings. The van der Waals surface area contributed by atoms with E-state index in [9.17, 15) is 13.6 Å². The maximum absolute atomic E-state index is 13.5. The summed E-state index contributed by atoms with van der Waals surface area (Å²) in [4.78, 5) is 13.4. The van der Waals surface area contributed by atoms with Gasteiger partial charge < -0.3 is 9.64 Å². The molecule has 0 heterocycles. The lowest BCUT2D eigenvalue weighted by Gasteiger charge is -2.21. The van der Waals surface area contributed by atoms with Gasteiger partial charge in [-0.3, -0.25) is 4.79 Å². The number of carbonyl (C=O) groups is 1. The Labute approximate surface area is 105 Å². The lowest BCUT2D eigenvalue weighted by molar-refractivity contribution is 0.0712. The minimum Gasteiger partial charge on any atom is -0.383 e. The van der Waals surface area contributed by atoms with Crippen molar-refractivity contribution in [3.8, 4) is 0 Å². The fourth-order valence-electron chi connectivity index (χ4n) is 1.47. The molecule has 1 rings (SSSR count). The first-order valence-corrected chi connectivity index (χ1v) is 5.45. The lowest BCUT2D eigenvalue weighted by Crippen LogP contribution is -2.34. The molecule has 5 heteroatoms. The highest BCUT2D eigenvalue weighted by Gasteiger charge is 2.20. The highest BCUT2D eigenvalue weighted by atomic mass is 19.2.